The number of rotatable bonds is 14. The predicted octanol–water partition coefficient (Wildman–Crippen LogP) is 4.20. The number of unbranched alkanes of at least 4 members (excludes halogenated alkanes) is 4. The molecule has 0 saturated heterocycles. The van der Waals surface area contributed by atoms with Crippen molar-refractivity contribution < 1.29 is 13.3 Å². The highest BCUT2D eigenvalue weighted by molar-refractivity contribution is 8.03. The van der Waals surface area contributed by atoms with Crippen LogP contribution in [0.4, 0.5) is 0 Å². The van der Waals surface area contributed by atoms with Gasteiger partial charge in [-0.2, -0.15) is 5.26 Å². The number of hydrogen-bond donors (Lipinski definition) is 0. The Hall–Kier alpha value is -0.0631. The molecule has 0 atom stereocenters. The Morgan fingerprint density at radius 2 is 1.35 bits per heavy atom. The van der Waals surface area contributed by atoms with Crippen LogP contribution in [-0.4, -0.2) is 34.4 Å². The average molecular weight is 320 g/mol. The molecule has 0 aliphatic carbocycles. The first-order valence-electron chi connectivity index (χ1n) is 7.67. The Morgan fingerprint density at radius 3 is 1.85 bits per heavy atom. The molecule has 0 fully saturated rings. The normalized spacial score (nSPS) is 11.5. The third-order valence-electron chi connectivity index (χ3n) is 2.89. The highest BCUT2D eigenvalue weighted by Crippen LogP contribution is 2.20. The van der Waals surface area contributed by atoms with Crippen molar-refractivity contribution in [2.75, 3.05) is 25.6 Å². The summed E-state index contributed by atoms with van der Waals surface area (Å²) >= 11 is 1.35. The lowest BCUT2D eigenvalue weighted by Crippen LogP contribution is -2.45. The maximum atomic E-state index is 8.42. The highest BCUT2D eigenvalue weighted by Gasteiger charge is 2.39. The minimum absolute atomic E-state index is 0.650. The number of thioether (sulfide) groups is 1. The van der Waals surface area contributed by atoms with Gasteiger partial charge in [-0.3, -0.25) is 0 Å². The molecule has 0 unspecified atom stereocenters. The van der Waals surface area contributed by atoms with Gasteiger partial charge in [0, 0.05) is 31.6 Å². The summed E-state index contributed by atoms with van der Waals surface area (Å²) in [7, 11) is -2.42. The van der Waals surface area contributed by atoms with Gasteiger partial charge in [0.15, 0.2) is 0 Å². The summed E-state index contributed by atoms with van der Waals surface area (Å²) < 4.78 is 17.5. The Morgan fingerprint density at radius 1 is 0.850 bits per heavy atom. The zero-order valence-electron chi connectivity index (χ0n) is 13.2. The highest BCUT2D eigenvalue weighted by atomic mass is 32.2. The van der Waals surface area contributed by atoms with E-state index in [1.54, 1.807) is 0 Å². The van der Waals surface area contributed by atoms with E-state index in [0.717, 1.165) is 24.6 Å². The summed E-state index contributed by atoms with van der Waals surface area (Å²) in [6.07, 6.45) is 5.81. The van der Waals surface area contributed by atoms with Crippen LogP contribution in [0.3, 0.4) is 0 Å². The van der Waals surface area contributed by atoms with Gasteiger partial charge in [-0.25, -0.2) is 0 Å². The summed E-state index contributed by atoms with van der Waals surface area (Å²) in [6.45, 7) is 7.93. The summed E-state index contributed by atoms with van der Waals surface area (Å²) in [5.74, 6) is 0.950. The van der Waals surface area contributed by atoms with Crippen molar-refractivity contribution in [2.45, 2.75) is 58.9 Å². The molecule has 0 radical (unpaired) electrons. The third kappa shape index (κ3) is 9.78. The molecule has 0 spiro atoms. The van der Waals surface area contributed by atoms with Crippen LogP contribution in [0, 0.1) is 10.7 Å². The minimum atomic E-state index is -2.42. The molecule has 0 aliphatic rings. The summed E-state index contributed by atoms with van der Waals surface area (Å²) in [5, 5.41) is 10.5. The Balaban J connectivity index is 3.86. The average Bonchev–Trinajstić information content (AvgIpc) is 2.43. The van der Waals surface area contributed by atoms with E-state index >= 15 is 0 Å². The van der Waals surface area contributed by atoms with Gasteiger partial charge in [0.05, 0.1) is 0 Å². The van der Waals surface area contributed by atoms with Gasteiger partial charge in [-0.05, 0) is 45.4 Å². The van der Waals surface area contributed by atoms with E-state index < -0.39 is 8.80 Å². The molecule has 6 heteroatoms. The van der Waals surface area contributed by atoms with Crippen LogP contribution >= 0.6 is 11.8 Å². The van der Waals surface area contributed by atoms with Gasteiger partial charge < -0.3 is 13.3 Å². The van der Waals surface area contributed by atoms with Crippen molar-refractivity contribution in [2.24, 2.45) is 0 Å². The van der Waals surface area contributed by atoms with Crippen molar-refractivity contribution in [1.82, 2.24) is 0 Å². The van der Waals surface area contributed by atoms with E-state index in [9.17, 15) is 0 Å². The summed E-state index contributed by atoms with van der Waals surface area (Å²) in [4.78, 5) is 0. The molecule has 0 rings (SSSR count). The molecule has 0 aliphatic heterocycles. The molecule has 0 aromatic heterocycles. The summed E-state index contributed by atoms with van der Waals surface area (Å²) in [6, 6.07) is 0.912. The van der Waals surface area contributed by atoms with Gasteiger partial charge in [-0.1, -0.05) is 19.3 Å². The first-order valence-corrected chi connectivity index (χ1v) is 10.6. The first kappa shape index (κ1) is 19.9. The SMILES string of the molecule is CCO[Si](CCCCCCCSC#N)(OCC)OCC. The van der Waals surface area contributed by atoms with Crippen LogP contribution in [0.1, 0.15) is 52.9 Å². The number of hydrogen-bond acceptors (Lipinski definition) is 5. The van der Waals surface area contributed by atoms with Crippen LogP contribution in [0.25, 0.3) is 0 Å². The Labute approximate surface area is 129 Å². The lowest BCUT2D eigenvalue weighted by molar-refractivity contribution is 0.0706. The van der Waals surface area contributed by atoms with Crippen LogP contribution in [0.15, 0.2) is 0 Å². The predicted molar refractivity (Wildman–Crippen MR) is 86.6 cm³/mol. The van der Waals surface area contributed by atoms with Gasteiger partial charge in [0.25, 0.3) is 0 Å². The van der Waals surface area contributed by atoms with Gasteiger partial charge >= 0.3 is 8.80 Å². The minimum Gasteiger partial charge on any atom is -0.374 e. The monoisotopic (exact) mass is 319 g/mol. The van der Waals surface area contributed by atoms with Crippen LogP contribution < -0.4 is 0 Å². The Kier molecular flexibility index (Phi) is 13.9. The fourth-order valence-corrected chi connectivity index (χ4v) is 5.22. The molecule has 0 aromatic rings. The fraction of sp³-hybridized carbons (Fsp3) is 0.929. The van der Waals surface area contributed by atoms with Crippen molar-refractivity contribution in [3.8, 4) is 5.40 Å². The van der Waals surface area contributed by atoms with E-state index in [-0.39, 0.29) is 0 Å². The van der Waals surface area contributed by atoms with E-state index in [2.05, 4.69) is 5.40 Å². The number of nitrogens with zero attached hydrogens (tertiary/aromatic N) is 1. The number of thiocyanates is 1. The van der Waals surface area contributed by atoms with Gasteiger partial charge in [0.2, 0.25) is 0 Å². The fourth-order valence-electron chi connectivity index (χ4n) is 2.09. The molecule has 0 amide bonds. The molecule has 0 bridgehead atoms. The topological polar surface area (TPSA) is 51.5 Å². The quantitative estimate of drug-likeness (QED) is 0.273. The molecule has 0 heterocycles. The molecule has 20 heavy (non-hydrogen) atoms. The molecule has 0 aromatic carbocycles. The van der Waals surface area contributed by atoms with E-state index in [1.807, 2.05) is 20.8 Å². The maximum Gasteiger partial charge on any atom is 0.500 e. The summed E-state index contributed by atoms with van der Waals surface area (Å²) in [5.41, 5.74) is 0. The van der Waals surface area contributed by atoms with Crippen molar-refractivity contribution >= 4 is 20.6 Å². The number of nitriles is 1. The lowest BCUT2D eigenvalue weighted by atomic mass is 10.2. The largest absolute Gasteiger partial charge is 0.500 e. The second-order valence-electron chi connectivity index (χ2n) is 4.44. The van der Waals surface area contributed by atoms with Crippen LogP contribution in [-0.2, 0) is 13.3 Å². The second kappa shape index (κ2) is 13.9. The Bertz CT molecular complexity index is 244. The van der Waals surface area contributed by atoms with E-state index in [1.165, 1.54) is 31.0 Å². The molecule has 4 nitrogen and oxygen atoms in total. The van der Waals surface area contributed by atoms with Crippen molar-refractivity contribution in [3.63, 3.8) is 0 Å². The maximum absolute atomic E-state index is 8.42. The van der Waals surface area contributed by atoms with Crippen LogP contribution in [0.2, 0.25) is 6.04 Å². The molecular weight excluding hydrogens is 290 g/mol. The second-order valence-corrected chi connectivity index (χ2v) is 8.05. The smallest absolute Gasteiger partial charge is 0.374 e. The standard InChI is InChI=1S/C14H29NO3SSi/c1-4-16-20(17-5-2,18-6-3)13-11-9-7-8-10-12-19-14-15/h4-13H2,1-3H3. The van der Waals surface area contributed by atoms with Crippen molar-refractivity contribution in [3.05, 3.63) is 0 Å². The van der Waals surface area contributed by atoms with Gasteiger partial charge in [-0.15, -0.1) is 0 Å². The third-order valence-corrected chi connectivity index (χ3v) is 6.66. The molecule has 118 valence electrons. The van der Waals surface area contributed by atoms with E-state index in [0.29, 0.717) is 19.8 Å². The lowest BCUT2D eigenvalue weighted by Gasteiger charge is -2.28. The van der Waals surface area contributed by atoms with E-state index in [4.69, 9.17) is 18.5 Å². The van der Waals surface area contributed by atoms with Crippen LogP contribution in [0.5, 0.6) is 0 Å². The molecule has 0 saturated carbocycles. The van der Waals surface area contributed by atoms with Gasteiger partial charge in [0.1, 0.15) is 5.40 Å². The zero-order valence-corrected chi connectivity index (χ0v) is 15.0. The first-order chi connectivity index (χ1) is 9.74. The molecule has 0 N–H and O–H groups in total. The van der Waals surface area contributed by atoms with Crippen molar-refractivity contribution in [1.29, 1.82) is 5.26 Å². The molecular formula is C14H29NO3SSi. The zero-order chi connectivity index (χ0) is 15.1.